The zero-order valence-electron chi connectivity index (χ0n) is 16.2. The van der Waals surface area contributed by atoms with Gasteiger partial charge in [-0.15, -0.1) is 0 Å². The number of amides is 1. The lowest BCUT2D eigenvalue weighted by Gasteiger charge is -2.12. The minimum Gasteiger partial charge on any atom is -0.497 e. The first-order chi connectivity index (χ1) is 13.5. The summed E-state index contributed by atoms with van der Waals surface area (Å²) in [6.07, 6.45) is 0. The van der Waals surface area contributed by atoms with Gasteiger partial charge < -0.3 is 20.1 Å². The van der Waals surface area contributed by atoms with Crippen LogP contribution in [0.2, 0.25) is 0 Å². The Bertz CT molecular complexity index is 1000. The van der Waals surface area contributed by atoms with E-state index in [1.807, 2.05) is 31.2 Å². The molecule has 0 saturated carbocycles. The van der Waals surface area contributed by atoms with Gasteiger partial charge in [-0.25, -0.2) is 9.97 Å². The SMILES string of the molecule is COc1ccc(OC)c(NC(=O)c2cc(Nc3cccc(C)c3)nc(C)n2)c1. The molecule has 0 fully saturated rings. The maximum absolute atomic E-state index is 12.8. The van der Waals surface area contributed by atoms with Gasteiger partial charge in [0.2, 0.25) is 0 Å². The number of aryl methyl sites for hydroxylation is 2. The van der Waals surface area contributed by atoms with Crippen molar-refractivity contribution in [2.45, 2.75) is 13.8 Å². The number of benzene rings is 2. The van der Waals surface area contributed by atoms with Crippen LogP contribution in [0.15, 0.2) is 48.5 Å². The third-order valence-electron chi connectivity index (χ3n) is 4.02. The van der Waals surface area contributed by atoms with Crippen LogP contribution in [0.5, 0.6) is 11.5 Å². The van der Waals surface area contributed by atoms with Crippen LogP contribution in [0.25, 0.3) is 0 Å². The second-order valence-corrected chi connectivity index (χ2v) is 6.20. The summed E-state index contributed by atoms with van der Waals surface area (Å²) in [6.45, 7) is 3.75. The molecule has 0 aliphatic rings. The Kier molecular flexibility index (Phi) is 5.74. The van der Waals surface area contributed by atoms with Crippen molar-refractivity contribution in [1.29, 1.82) is 0 Å². The zero-order chi connectivity index (χ0) is 20.1. The van der Waals surface area contributed by atoms with Crippen LogP contribution in [0.4, 0.5) is 17.2 Å². The number of ether oxygens (including phenoxy) is 2. The third-order valence-corrected chi connectivity index (χ3v) is 4.02. The minimum absolute atomic E-state index is 0.243. The summed E-state index contributed by atoms with van der Waals surface area (Å²) in [5.74, 6) is 1.79. The molecule has 0 aliphatic carbocycles. The van der Waals surface area contributed by atoms with Crippen LogP contribution in [-0.4, -0.2) is 30.1 Å². The molecular weight excluding hydrogens is 356 g/mol. The van der Waals surface area contributed by atoms with E-state index in [0.717, 1.165) is 11.3 Å². The van der Waals surface area contributed by atoms with Crippen molar-refractivity contribution in [3.05, 3.63) is 65.6 Å². The van der Waals surface area contributed by atoms with Crippen LogP contribution >= 0.6 is 0 Å². The van der Waals surface area contributed by atoms with E-state index in [1.54, 1.807) is 38.3 Å². The lowest BCUT2D eigenvalue weighted by molar-refractivity contribution is 0.102. The van der Waals surface area contributed by atoms with Crippen molar-refractivity contribution >= 4 is 23.1 Å². The van der Waals surface area contributed by atoms with Gasteiger partial charge in [-0.1, -0.05) is 12.1 Å². The number of rotatable bonds is 6. The molecule has 0 spiro atoms. The maximum Gasteiger partial charge on any atom is 0.274 e. The summed E-state index contributed by atoms with van der Waals surface area (Å²) >= 11 is 0. The quantitative estimate of drug-likeness (QED) is 0.671. The van der Waals surface area contributed by atoms with Crippen LogP contribution < -0.4 is 20.1 Å². The Labute approximate surface area is 163 Å². The summed E-state index contributed by atoms with van der Waals surface area (Å²) in [5, 5.41) is 6.03. The topological polar surface area (TPSA) is 85.4 Å². The Balaban J connectivity index is 1.85. The van der Waals surface area contributed by atoms with Crippen molar-refractivity contribution < 1.29 is 14.3 Å². The van der Waals surface area contributed by atoms with Gasteiger partial charge in [-0.3, -0.25) is 4.79 Å². The first-order valence-electron chi connectivity index (χ1n) is 8.71. The molecule has 2 N–H and O–H groups in total. The second kappa shape index (κ2) is 8.39. The number of nitrogens with one attached hydrogen (secondary N) is 2. The lowest BCUT2D eigenvalue weighted by Crippen LogP contribution is -2.16. The summed E-state index contributed by atoms with van der Waals surface area (Å²) in [6, 6.07) is 14.7. The molecule has 3 rings (SSSR count). The highest BCUT2D eigenvalue weighted by molar-refractivity contribution is 6.04. The zero-order valence-corrected chi connectivity index (χ0v) is 16.2. The van der Waals surface area contributed by atoms with Gasteiger partial charge in [0.05, 0.1) is 19.9 Å². The Morgan fingerprint density at radius 3 is 2.50 bits per heavy atom. The molecule has 7 heteroatoms. The van der Waals surface area contributed by atoms with Gasteiger partial charge in [0, 0.05) is 17.8 Å². The Morgan fingerprint density at radius 2 is 1.79 bits per heavy atom. The number of aromatic nitrogens is 2. The normalized spacial score (nSPS) is 10.3. The molecule has 1 heterocycles. The molecule has 0 unspecified atom stereocenters. The van der Waals surface area contributed by atoms with E-state index >= 15 is 0 Å². The molecule has 1 aromatic heterocycles. The fraction of sp³-hybridized carbons (Fsp3) is 0.190. The molecule has 0 radical (unpaired) electrons. The van der Waals surface area contributed by atoms with E-state index < -0.39 is 0 Å². The molecule has 0 aliphatic heterocycles. The number of carbonyl (C=O) groups excluding carboxylic acids is 1. The first kappa shape index (κ1) is 19.2. The number of hydrogen-bond acceptors (Lipinski definition) is 6. The van der Waals surface area contributed by atoms with Gasteiger partial charge in [-0.2, -0.15) is 0 Å². The largest absolute Gasteiger partial charge is 0.497 e. The average Bonchev–Trinajstić information content (AvgIpc) is 2.67. The second-order valence-electron chi connectivity index (χ2n) is 6.20. The number of nitrogens with zero attached hydrogens (tertiary/aromatic N) is 2. The number of hydrogen-bond donors (Lipinski definition) is 2. The molecule has 0 atom stereocenters. The summed E-state index contributed by atoms with van der Waals surface area (Å²) in [5.41, 5.74) is 2.75. The molecule has 144 valence electrons. The molecule has 1 amide bonds. The van der Waals surface area contributed by atoms with Crippen molar-refractivity contribution in [2.24, 2.45) is 0 Å². The number of methoxy groups -OCH3 is 2. The lowest BCUT2D eigenvalue weighted by atomic mass is 10.2. The van der Waals surface area contributed by atoms with E-state index in [2.05, 4.69) is 20.6 Å². The van der Waals surface area contributed by atoms with E-state index in [4.69, 9.17) is 9.47 Å². The van der Waals surface area contributed by atoms with Crippen LogP contribution in [0.3, 0.4) is 0 Å². The molecule has 28 heavy (non-hydrogen) atoms. The van der Waals surface area contributed by atoms with Gasteiger partial charge in [0.15, 0.2) is 0 Å². The van der Waals surface area contributed by atoms with Gasteiger partial charge in [0.25, 0.3) is 5.91 Å². The fourth-order valence-corrected chi connectivity index (χ4v) is 2.72. The Morgan fingerprint density at radius 1 is 0.964 bits per heavy atom. The average molecular weight is 378 g/mol. The van der Waals surface area contributed by atoms with Gasteiger partial charge in [0.1, 0.15) is 28.8 Å². The highest BCUT2D eigenvalue weighted by Gasteiger charge is 2.14. The van der Waals surface area contributed by atoms with Crippen LogP contribution in [0, 0.1) is 13.8 Å². The smallest absolute Gasteiger partial charge is 0.274 e. The van der Waals surface area contributed by atoms with Crippen molar-refractivity contribution in [3.63, 3.8) is 0 Å². The standard InChI is InChI=1S/C21H22N4O3/c1-13-6-5-7-15(10-13)24-20-12-18(22-14(2)23-20)21(26)25-17-11-16(27-3)8-9-19(17)28-4/h5-12H,1-4H3,(H,25,26)(H,22,23,24). The highest BCUT2D eigenvalue weighted by Crippen LogP contribution is 2.29. The van der Waals surface area contributed by atoms with E-state index in [9.17, 15) is 4.79 Å². The Hall–Kier alpha value is -3.61. The van der Waals surface area contributed by atoms with Crippen molar-refractivity contribution in [1.82, 2.24) is 9.97 Å². The maximum atomic E-state index is 12.8. The van der Waals surface area contributed by atoms with Crippen molar-refractivity contribution in [3.8, 4) is 11.5 Å². The molecule has 2 aromatic carbocycles. The van der Waals surface area contributed by atoms with E-state index in [-0.39, 0.29) is 11.6 Å². The molecular formula is C21H22N4O3. The molecule has 3 aromatic rings. The molecule has 7 nitrogen and oxygen atoms in total. The fourth-order valence-electron chi connectivity index (χ4n) is 2.72. The van der Waals surface area contributed by atoms with Crippen LogP contribution in [-0.2, 0) is 0 Å². The monoisotopic (exact) mass is 378 g/mol. The van der Waals surface area contributed by atoms with E-state index in [1.165, 1.54) is 7.11 Å². The predicted octanol–water partition coefficient (Wildman–Crippen LogP) is 4.11. The highest BCUT2D eigenvalue weighted by atomic mass is 16.5. The first-order valence-corrected chi connectivity index (χ1v) is 8.71. The molecule has 0 bridgehead atoms. The minimum atomic E-state index is -0.371. The van der Waals surface area contributed by atoms with Gasteiger partial charge >= 0.3 is 0 Å². The summed E-state index contributed by atoms with van der Waals surface area (Å²) in [4.78, 5) is 21.4. The van der Waals surface area contributed by atoms with E-state index in [0.29, 0.717) is 28.8 Å². The van der Waals surface area contributed by atoms with Gasteiger partial charge in [-0.05, 0) is 43.7 Å². The number of anilines is 3. The third kappa shape index (κ3) is 4.56. The van der Waals surface area contributed by atoms with Crippen molar-refractivity contribution in [2.75, 3.05) is 24.9 Å². The van der Waals surface area contributed by atoms with Crippen LogP contribution in [0.1, 0.15) is 21.9 Å². The predicted molar refractivity (Wildman–Crippen MR) is 109 cm³/mol. The molecule has 0 saturated heterocycles. The summed E-state index contributed by atoms with van der Waals surface area (Å²) in [7, 11) is 3.10. The number of carbonyl (C=O) groups is 1. The summed E-state index contributed by atoms with van der Waals surface area (Å²) < 4.78 is 10.5.